The Labute approximate surface area is 113 Å². The van der Waals surface area contributed by atoms with Crippen LogP contribution in [0.2, 0.25) is 0 Å². The predicted octanol–water partition coefficient (Wildman–Crippen LogP) is 1.98. The molecular formula is C15H18N4. The van der Waals surface area contributed by atoms with Crippen molar-refractivity contribution in [2.24, 2.45) is 5.84 Å². The van der Waals surface area contributed by atoms with Gasteiger partial charge in [0, 0.05) is 0 Å². The molecule has 4 nitrogen and oxygen atoms in total. The Bertz CT molecular complexity index is 528. The summed E-state index contributed by atoms with van der Waals surface area (Å²) in [6.07, 6.45) is 0.198. The highest BCUT2D eigenvalue weighted by atomic mass is 15.8. The minimum Gasteiger partial charge on any atom is -0.279 e. The van der Waals surface area contributed by atoms with E-state index in [1.165, 1.54) is 16.7 Å². The van der Waals surface area contributed by atoms with Gasteiger partial charge in [-0.3, -0.25) is 11.2 Å². The lowest BCUT2D eigenvalue weighted by atomic mass is 10.0. The van der Waals surface area contributed by atoms with Gasteiger partial charge in [-0.05, 0) is 23.6 Å². The lowest BCUT2D eigenvalue weighted by molar-refractivity contribution is 0.190. The lowest BCUT2D eigenvalue weighted by Gasteiger charge is -2.13. The molecule has 3 rings (SSSR count). The predicted molar refractivity (Wildman–Crippen MR) is 76.4 cm³/mol. The van der Waals surface area contributed by atoms with E-state index in [1.807, 2.05) is 13.0 Å². The highest BCUT2D eigenvalue weighted by Crippen LogP contribution is 2.22. The summed E-state index contributed by atoms with van der Waals surface area (Å²) in [6, 6.07) is 18.9. The Balaban J connectivity index is 1.80. The first-order valence-corrected chi connectivity index (χ1v) is 6.45. The Morgan fingerprint density at radius 3 is 2.16 bits per heavy atom. The van der Waals surface area contributed by atoms with Crippen LogP contribution in [-0.4, -0.2) is 11.3 Å². The zero-order valence-corrected chi connectivity index (χ0v) is 10.9. The van der Waals surface area contributed by atoms with Gasteiger partial charge in [-0.25, -0.2) is 5.43 Å². The van der Waals surface area contributed by atoms with E-state index in [9.17, 15) is 0 Å². The summed E-state index contributed by atoms with van der Waals surface area (Å²) in [6.45, 7) is 2.02. The van der Waals surface area contributed by atoms with Crippen LogP contribution in [0.5, 0.6) is 0 Å². The summed E-state index contributed by atoms with van der Waals surface area (Å²) >= 11 is 0. The average Bonchev–Trinajstić information content (AvgIpc) is 2.80. The molecule has 0 radical (unpaired) electrons. The fourth-order valence-electron chi connectivity index (χ4n) is 2.29. The molecule has 1 aliphatic heterocycles. The van der Waals surface area contributed by atoms with Crippen LogP contribution in [0.4, 0.5) is 0 Å². The number of hydrogen-bond donors (Lipinski definition) is 3. The highest BCUT2D eigenvalue weighted by Gasteiger charge is 2.25. The third-order valence-electron chi connectivity index (χ3n) is 3.45. The van der Waals surface area contributed by atoms with Gasteiger partial charge in [-0.2, -0.15) is 5.12 Å². The van der Waals surface area contributed by atoms with Crippen LogP contribution in [0.15, 0.2) is 54.6 Å². The normalized spacial score (nSPS) is 23.7. The smallest absolute Gasteiger partial charge is 0.0992 e. The van der Waals surface area contributed by atoms with Crippen molar-refractivity contribution in [1.82, 2.24) is 15.9 Å². The number of nitrogens with one attached hydrogen (secondary N) is 2. The number of nitrogens with two attached hydrogens (primary N) is 1. The summed E-state index contributed by atoms with van der Waals surface area (Å²) in [7, 11) is 0. The SMILES string of the molecule is CC1NC(c2ccc(-c3ccccc3)cc2)NN1N. The number of benzene rings is 2. The Kier molecular flexibility index (Phi) is 3.31. The summed E-state index contributed by atoms with van der Waals surface area (Å²) in [4.78, 5) is 0. The molecule has 1 aliphatic rings. The molecule has 1 fully saturated rings. The van der Waals surface area contributed by atoms with E-state index in [0.29, 0.717) is 0 Å². The zero-order valence-electron chi connectivity index (χ0n) is 10.9. The second-order valence-electron chi connectivity index (χ2n) is 4.80. The fourth-order valence-corrected chi connectivity index (χ4v) is 2.29. The van der Waals surface area contributed by atoms with Gasteiger partial charge in [0.15, 0.2) is 0 Å². The van der Waals surface area contributed by atoms with E-state index >= 15 is 0 Å². The van der Waals surface area contributed by atoms with E-state index in [1.54, 1.807) is 5.12 Å². The van der Waals surface area contributed by atoms with Gasteiger partial charge >= 0.3 is 0 Å². The first-order valence-electron chi connectivity index (χ1n) is 6.45. The molecule has 2 atom stereocenters. The van der Waals surface area contributed by atoms with Gasteiger partial charge in [-0.1, -0.05) is 54.6 Å². The van der Waals surface area contributed by atoms with Crippen LogP contribution in [0.25, 0.3) is 11.1 Å². The topological polar surface area (TPSA) is 53.3 Å². The monoisotopic (exact) mass is 254 g/mol. The molecule has 4 N–H and O–H groups in total. The molecular weight excluding hydrogens is 236 g/mol. The number of nitrogens with zero attached hydrogens (tertiary/aromatic N) is 1. The van der Waals surface area contributed by atoms with E-state index in [0.717, 1.165) is 0 Å². The summed E-state index contributed by atoms with van der Waals surface area (Å²) < 4.78 is 0. The maximum atomic E-state index is 5.79. The number of hydrogen-bond acceptors (Lipinski definition) is 4. The molecule has 0 aliphatic carbocycles. The molecule has 2 aromatic carbocycles. The maximum Gasteiger partial charge on any atom is 0.0992 e. The van der Waals surface area contributed by atoms with Gasteiger partial charge in [-0.15, -0.1) is 0 Å². The van der Waals surface area contributed by atoms with Crippen LogP contribution in [0.1, 0.15) is 18.7 Å². The van der Waals surface area contributed by atoms with Crippen molar-refractivity contribution in [3.05, 3.63) is 60.2 Å². The quantitative estimate of drug-likeness (QED) is 0.717. The Hall–Kier alpha value is -1.72. The van der Waals surface area contributed by atoms with Gasteiger partial charge in [0.05, 0.1) is 12.3 Å². The molecule has 4 heteroatoms. The van der Waals surface area contributed by atoms with Crippen molar-refractivity contribution in [3.8, 4) is 11.1 Å². The average molecular weight is 254 g/mol. The number of hydrazine groups is 2. The van der Waals surface area contributed by atoms with E-state index in [2.05, 4.69) is 59.3 Å². The molecule has 0 spiro atoms. The molecule has 2 aromatic rings. The largest absolute Gasteiger partial charge is 0.279 e. The molecule has 0 bridgehead atoms. The zero-order chi connectivity index (χ0) is 13.2. The Morgan fingerprint density at radius 1 is 0.947 bits per heavy atom. The van der Waals surface area contributed by atoms with Gasteiger partial charge in [0.1, 0.15) is 0 Å². The number of rotatable bonds is 2. The van der Waals surface area contributed by atoms with Gasteiger partial charge < -0.3 is 0 Å². The van der Waals surface area contributed by atoms with Crippen LogP contribution in [0, 0.1) is 0 Å². The maximum absolute atomic E-state index is 5.79. The second kappa shape index (κ2) is 5.11. The molecule has 0 saturated carbocycles. The van der Waals surface area contributed by atoms with Crippen LogP contribution in [0.3, 0.4) is 0 Å². The Morgan fingerprint density at radius 2 is 1.58 bits per heavy atom. The minimum absolute atomic E-state index is 0.0739. The van der Waals surface area contributed by atoms with Crippen molar-refractivity contribution in [1.29, 1.82) is 0 Å². The van der Waals surface area contributed by atoms with Crippen molar-refractivity contribution >= 4 is 0 Å². The standard InChI is InChI=1S/C15H18N4/c1-11-17-15(18-19(11)16)14-9-7-13(8-10-14)12-5-3-2-4-6-12/h2-11,15,17-18H,16H2,1H3. The van der Waals surface area contributed by atoms with Crippen LogP contribution < -0.4 is 16.6 Å². The molecule has 98 valence electrons. The lowest BCUT2D eigenvalue weighted by Crippen LogP contribution is -2.43. The van der Waals surface area contributed by atoms with Crippen molar-refractivity contribution in [3.63, 3.8) is 0 Å². The summed E-state index contributed by atoms with van der Waals surface area (Å²) in [5, 5.41) is 4.96. The van der Waals surface area contributed by atoms with Crippen molar-refractivity contribution in [2.75, 3.05) is 0 Å². The first kappa shape index (κ1) is 12.3. The van der Waals surface area contributed by atoms with E-state index < -0.39 is 0 Å². The van der Waals surface area contributed by atoms with Crippen molar-refractivity contribution in [2.45, 2.75) is 19.3 Å². The fraction of sp³-hybridized carbons (Fsp3) is 0.200. The van der Waals surface area contributed by atoms with Gasteiger partial charge in [0.25, 0.3) is 0 Å². The molecule has 1 heterocycles. The third-order valence-corrected chi connectivity index (χ3v) is 3.45. The highest BCUT2D eigenvalue weighted by molar-refractivity contribution is 5.63. The van der Waals surface area contributed by atoms with Crippen LogP contribution in [-0.2, 0) is 0 Å². The van der Waals surface area contributed by atoms with E-state index in [-0.39, 0.29) is 12.3 Å². The molecule has 1 saturated heterocycles. The van der Waals surface area contributed by atoms with Gasteiger partial charge in [0.2, 0.25) is 0 Å². The molecule has 0 amide bonds. The van der Waals surface area contributed by atoms with Crippen molar-refractivity contribution < 1.29 is 0 Å². The van der Waals surface area contributed by atoms with E-state index in [4.69, 9.17) is 5.84 Å². The summed E-state index contributed by atoms with van der Waals surface area (Å²) in [5.41, 5.74) is 6.81. The van der Waals surface area contributed by atoms with Crippen LogP contribution >= 0.6 is 0 Å². The molecule has 19 heavy (non-hydrogen) atoms. The second-order valence-corrected chi connectivity index (χ2v) is 4.80. The minimum atomic E-state index is 0.0739. The summed E-state index contributed by atoms with van der Waals surface area (Å²) in [5.74, 6) is 5.79. The molecule has 2 unspecified atom stereocenters. The first-order chi connectivity index (χ1) is 9.24. The molecule has 0 aromatic heterocycles. The third kappa shape index (κ3) is 2.52.